The molecule has 5 heteroatoms. The lowest BCUT2D eigenvalue weighted by Crippen LogP contribution is -2.11. The lowest BCUT2D eigenvalue weighted by Gasteiger charge is -2.07. The van der Waals surface area contributed by atoms with Gasteiger partial charge in [0.15, 0.2) is 6.29 Å². The van der Waals surface area contributed by atoms with Gasteiger partial charge in [-0.2, -0.15) is 5.10 Å². The third-order valence-corrected chi connectivity index (χ3v) is 3.70. The number of hydrogen-bond acceptors (Lipinski definition) is 3. The molecule has 118 valence electrons. The van der Waals surface area contributed by atoms with Gasteiger partial charge in [-0.1, -0.05) is 12.0 Å². The Bertz CT molecular complexity index is 1060. The Kier molecular flexibility index (Phi) is 4.21. The first-order valence-electron chi connectivity index (χ1n) is 7.30. The van der Waals surface area contributed by atoms with E-state index in [9.17, 15) is 14.0 Å². The van der Waals surface area contributed by atoms with Gasteiger partial charge in [0.05, 0.1) is 16.6 Å². The number of nitrogens with zero attached hydrogens (tertiary/aromatic N) is 1. The molecule has 0 radical (unpaired) electrons. The van der Waals surface area contributed by atoms with Crippen LogP contribution in [-0.4, -0.2) is 16.5 Å². The molecule has 0 unspecified atom stereocenters. The third kappa shape index (κ3) is 2.95. The number of rotatable bonds is 3. The fraction of sp³-hybridized carbons (Fsp3) is 0.105. The van der Waals surface area contributed by atoms with Crippen molar-refractivity contribution in [3.8, 4) is 11.8 Å². The van der Waals surface area contributed by atoms with Crippen molar-refractivity contribution in [2.75, 3.05) is 0 Å². The minimum Gasteiger partial charge on any atom is -0.298 e. The largest absolute Gasteiger partial charge is 0.298 e. The number of carbonyl (C=O) groups is 1. The molecule has 0 amide bonds. The molecule has 1 N–H and O–H groups in total. The predicted octanol–water partition coefficient (Wildman–Crippen LogP) is 2.84. The summed E-state index contributed by atoms with van der Waals surface area (Å²) in [6.45, 7) is 1.74. The highest BCUT2D eigenvalue weighted by Crippen LogP contribution is 2.19. The van der Waals surface area contributed by atoms with Gasteiger partial charge in [0.25, 0.3) is 5.56 Å². The Hall–Kier alpha value is -3.26. The molecule has 0 spiro atoms. The number of aldehydes is 1. The molecular weight excluding hydrogens is 307 g/mol. The monoisotopic (exact) mass is 320 g/mol. The fourth-order valence-corrected chi connectivity index (χ4v) is 2.56. The molecule has 0 aliphatic carbocycles. The van der Waals surface area contributed by atoms with Crippen LogP contribution < -0.4 is 5.56 Å². The number of H-pyrrole nitrogens is 1. The second-order valence-electron chi connectivity index (χ2n) is 5.29. The van der Waals surface area contributed by atoms with Gasteiger partial charge in [-0.05, 0) is 42.8 Å². The normalized spacial score (nSPS) is 10.2. The summed E-state index contributed by atoms with van der Waals surface area (Å²) in [5, 5.41) is 7.79. The summed E-state index contributed by atoms with van der Waals surface area (Å²) in [5.41, 5.74) is 1.86. The van der Waals surface area contributed by atoms with E-state index in [1.807, 2.05) is 6.07 Å². The highest BCUT2D eigenvalue weighted by Gasteiger charge is 2.10. The van der Waals surface area contributed by atoms with Crippen molar-refractivity contribution < 1.29 is 9.18 Å². The van der Waals surface area contributed by atoms with Gasteiger partial charge in [0.2, 0.25) is 0 Å². The Labute approximate surface area is 137 Å². The highest BCUT2D eigenvalue weighted by molar-refractivity contribution is 5.85. The first kappa shape index (κ1) is 15.6. The van der Waals surface area contributed by atoms with Crippen molar-refractivity contribution in [3.63, 3.8) is 0 Å². The molecule has 0 fully saturated rings. The highest BCUT2D eigenvalue weighted by atomic mass is 19.1. The minimum absolute atomic E-state index is 0.00114. The standard InChI is InChI=1S/C19H13FN2O2/c1-2-3-12-4-6-15-16(9-12)18(21-22-19(15)24)10-13-5-7-17(20)14(8-13)11-23/h4-9,11H,10H2,1H3,(H,22,24). The van der Waals surface area contributed by atoms with Crippen LogP contribution in [0.5, 0.6) is 0 Å². The molecule has 0 aliphatic heterocycles. The van der Waals surface area contributed by atoms with Gasteiger partial charge in [-0.25, -0.2) is 9.49 Å². The van der Waals surface area contributed by atoms with E-state index in [1.165, 1.54) is 12.1 Å². The topological polar surface area (TPSA) is 62.8 Å². The maximum atomic E-state index is 13.4. The van der Waals surface area contributed by atoms with Crippen LogP contribution in [0.4, 0.5) is 4.39 Å². The van der Waals surface area contributed by atoms with E-state index in [0.29, 0.717) is 29.2 Å². The number of benzene rings is 2. The van der Waals surface area contributed by atoms with Gasteiger partial charge >= 0.3 is 0 Å². The van der Waals surface area contributed by atoms with Crippen molar-refractivity contribution in [1.29, 1.82) is 0 Å². The van der Waals surface area contributed by atoms with E-state index in [4.69, 9.17) is 0 Å². The molecule has 1 aromatic heterocycles. The quantitative estimate of drug-likeness (QED) is 0.596. The minimum atomic E-state index is -0.562. The molecule has 2 aromatic carbocycles. The molecule has 0 saturated carbocycles. The zero-order valence-corrected chi connectivity index (χ0v) is 12.9. The zero-order valence-electron chi connectivity index (χ0n) is 12.9. The Morgan fingerprint density at radius 3 is 2.79 bits per heavy atom. The Balaban J connectivity index is 2.13. The Morgan fingerprint density at radius 1 is 1.21 bits per heavy atom. The van der Waals surface area contributed by atoms with Crippen LogP contribution in [0.25, 0.3) is 10.8 Å². The summed E-state index contributed by atoms with van der Waals surface area (Å²) in [6.07, 6.45) is 0.837. The van der Waals surface area contributed by atoms with Crippen molar-refractivity contribution in [1.82, 2.24) is 10.2 Å². The van der Waals surface area contributed by atoms with Crippen LogP contribution in [0.2, 0.25) is 0 Å². The fourth-order valence-electron chi connectivity index (χ4n) is 2.56. The SMILES string of the molecule is CC#Cc1ccc2c(=O)[nH]nc(Cc3ccc(F)c(C=O)c3)c2c1. The van der Waals surface area contributed by atoms with E-state index in [2.05, 4.69) is 22.0 Å². The number of halogens is 1. The maximum absolute atomic E-state index is 13.4. The summed E-state index contributed by atoms with van der Waals surface area (Å²) in [6, 6.07) is 9.63. The molecular formula is C19H13FN2O2. The lowest BCUT2D eigenvalue weighted by molar-refractivity contribution is 0.111. The summed E-state index contributed by atoms with van der Waals surface area (Å²) < 4.78 is 13.4. The molecule has 0 saturated heterocycles. The van der Waals surface area contributed by atoms with E-state index in [-0.39, 0.29) is 11.1 Å². The average molecular weight is 320 g/mol. The van der Waals surface area contributed by atoms with E-state index < -0.39 is 5.82 Å². The average Bonchev–Trinajstić information content (AvgIpc) is 2.59. The van der Waals surface area contributed by atoms with Gasteiger partial charge in [-0.15, -0.1) is 5.92 Å². The first-order chi connectivity index (χ1) is 11.6. The summed E-state index contributed by atoms with van der Waals surface area (Å²) in [7, 11) is 0. The second-order valence-corrected chi connectivity index (χ2v) is 5.29. The van der Waals surface area contributed by atoms with Crippen LogP contribution in [0, 0.1) is 17.7 Å². The molecule has 0 atom stereocenters. The molecule has 0 aliphatic rings. The zero-order chi connectivity index (χ0) is 17.1. The van der Waals surface area contributed by atoms with Crippen LogP contribution >= 0.6 is 0 Å². The van der Waals surface area contributed by atoms with Crippen LogP contribution in [0.15, 0.2) is 41.2 Å². The predicted molar refractivity (Wildman–Crippen MR) is 89.5 cm³/mol. The van der Waals surface area contributed by atoms with Crippen molar-refractivity contribution in [2.24, 2.45) is 0 Å². The van der Waals surface area contributed by atoms with Gasteiger partial charge in [-0.3, -0.25) is 9.59 Å². The van der Waals surface area contributed by atoms with Crippen molar-refractivity contribution >= 4 is 17.1 Å². The number of nitrogens with one attached hydrogen (secondary N) is 1. The Morgan fingerprint density at radius 2 is 2.04 bits per heavy atom. The van der Waals surface area contributed by atoms with Gasteiger partial charge in [0, 0.05) is 17.4 Å². The van der Waals surface area contributed by atoms with Crippen LogP contribution in [0.3, 0.4) is 0 Å². The molecule has 1 heterocycles. The van der Waals surface area contributed by atoms with Crippen molar-refractivity contribution in [3.05, 3.63) is 75.0 Å². The van der Waals surface area contributed by atoms with Crippen LogP contribution in [-0.2, 0) is 6.42 Å². The second kappa shape index (κ2) is 6.47. The third-order valence-electron chi connectivity index (χ3n) is 3.70. The van der Waals surface area contributed by atoms with E-state index in [1.54, 1.807) is 25.1 Å². The number of hydrogen-bond donors (Lipinski definition) is 1. The first-order valence-corrected chi connectivity index (χ1v) is 7.30. The molecule has 24 heavy (non-hydrogen) atoms. The summed E-state index contributed by atoms with van der Waals surface area (Å²) in [4.78, 5) is 22.8. The van der Waals surface area contributed by atoms with Crippen molar-refractivity contribution in [2.45, 2.75) is 13.3 Å². The lowest BCUT2D eigenvalue weighted by atomic mass is 10.0. The molecule has 0 bridgehead atoms. The smallest absolute Gasteiger partial charge is 0.272 e. The molecule has 3 aromatic rings. The van der Waals surface area contributed by atoms with E-state index >= 15 is 0 Å². The maximum Gasteiger partial charge on any atom is 0.272 e. The number of fused-ring (bicyclic) bond motifs is 1. The van der Waals surface area contributed by atoms with Gasteiger partial charge in [0.1, 0.15) is 5.82 Å². The number of aromatic amines is 1. The summed E-state index contributed by atoms with van der Waals surface area (Å²) in [5.74, 6) is 5.21. The van der Waals surface area contributed by atoms with E-state index in [0.717, 1.165) is 11.1 Å². The van der Waals surface area contributed by atoms with Gasteiger partial charge < -0.3 is 0 Å². The molecule has 4 nitrogen and oxygen atoms in total. The van der Waals surface area contributed by atoms with Crippen LogP contribution in [0.1, 0.15) is 34.1 Å². The number of aromatic nitrogens is 2. The molecule has 3 rings (SSSR count). The summed E-state index contributed by atoms with van der Waals surface area (Å²) >= 11 is 0. The number of carbonyl (C=O) groups excluding carboxylic acids is 1.